The molecule has 1 saturated heterocycles. The van der Waals surface area contributed by atoms with Gasteiger partial charge in [-0.2, -0.15) is 0 Å². The molecule has 0 aromatic heterocycles. The molecule has 0 unspecified atom stereocenters. The summed E-state index contributed by atoms with van der Waals surface area (Å²) in [7, 11) is 0. The lowest BCUT2D eigenvalue weighted by Gasteiger charge is -2.31. The summed E-state index contributed by atoms with van der Waals surface area (Å²) in [6.07, 6.45) is 7.05. The maximum atomic E-state index is 12.9. The standard InChI is InChI=1S/C21H36N2O6/c1-3-28-19(24)12-7-5-4-6-8-13-22-15(2)20(25)23-17-11-9-10-16(17)14-18(23)29-21(26)27/h15-18,22H,3-14H2,1-2H3,(H,26,27)/t15-,16-,17+,18-/m0/s1. The minimum absolute atomic E-state index is 0.0694. The molecular weight excluding hydrogens is 376 g/mol. The highest BCUT2D eigenvalue weighted by molar-refractivity contribution is 5.82. The first-order chi connectivity index (χ1) is 13.9. The summed E-state index contributed by atoms with van der Waals surface area (Å²) in [5.41, 5.74) is 0. The molecule has 2 aliphatic rings. The molecule has 0 radical (unpaired) electrons. The summed E-state index contributed by atoms with van der Waals surface area (Å²) in [6.45, 7) is 4.81. The fraction of sp³-hybridized carbons (Fsp3) is 0.857. The van der Waals surface area contributed by atoms with Crippen LogP contribution in [0, 0.1) is 5.92 Å². The van der Waals surface area contributed by atoms with Crippen molar-refractivity contribution in [3.8, 4) is 0 Å². The number of hydrogen-bond acceptors (Lipinski definition) is 6. The molecule has 8 heteroatoms. The lowest BCUT2D eigenvalue weighted by Crippen LogP contribution is -2.51. The molecule has 0 spiro atoms. The molecular formula is C21H36N2O6. The summed E-state index contributed by atoms with van der Waals surface area (Å²) in [6, 6.07) is -0.256. The number of nitrogens with one attached hydrogen (secondary N) is 1. The van der Waals surface area contributed by atoms with Gasteiger partial charge >= 0.3 is 12.1 Å². The van der Waals surface area contributed by atoms with Crippen LogP contribution in [0.1, 0.15) is 78.1 Å². The number of likely N-dealkylation sites (tertiary alicyclic amines) is 1. The highest BCUT2D eigenvalue weighted by Gasteiger charge is 2.48. The highest BCUT2D eigenvalue weighted by atomic mass is 16.7. The van der Waals surface area contributed by atoms with E-state index in [2.05, 4.69) is 5.32 Å². The van der Waals surface area contributed by atoms with Gasteiger partial charge in [0.05, 0.1) is 12.6 Å². The predicted molar refractivity (Wildman–Crippen MR) is 107 cm³/mol. The number of nitrogens with zero attached hydrogens (tertiary/aromatic N) is 1. The molecule has 8 nitrogen and oxygen atoms in total. The first kappa shape index (κ1) is 23.4. The van der Waals surface area contributed by atoms with Crippen LogP contribution >= 0.6 is 0 Å². The van der Waals surface area contributed by atoms with Crippen LogP contribution in [0.25, 0.3) is 0 Å². The zero-order chi connectivity index (χ0) is 21.2. The smallest absolute Gasteiger partial charge is 0.466 e. The van der Waals surface area contributed by atoms with Crippen LogP contribution in [0.3, 0.4) is 0 Å². The van der Waals surface area contributed by atoms with Gasteiger partial charge in [-0.3, -0.25) is 9.59 Å². The van der Waals surface area contributed by atoms with Crippen molar-refractivity contribution >= 4 is 18.0 Å². The van der Waals surface area contributed by atoms with Crippen molar-refractivity contribution in [1.82, 2.24) is 10.2 Å². The van der Waals surface area contributed by atoms with Gasteiger partial charge in [0.1, 0.15) is 0 Å². The second-order valence-corrected chi connectivity index (χ2v) is 8.08. The first-order valence-electron chi connectivity index (χ1n) is 11.0. The van der Waals surface area contributed by atoms with Crippen molar-refractivity contribution in [2.24, 2.45) is 5.92 Å². The molecule has 0 aromatic carbocycles. The summed E-state index contributed by atoms with van der Waals surface area (Å²) < 4.78 is 9.91. The second kappa shape index (κ2) is 12.0. The third-order valence-electron chi connectivity index (χ3n) is 5.97. The Balaban J connectivity index is 1.65. The van der Waals surface area contributed by atoms with Gasteiger partial charge in [0.2, 0.25) is 5.91 Å². The zero-order valence-corrected chi connectivity index (χ0v) is 17.7. The molecule has 2 fully saturated rings. The van der Waals surface area contributed by atoms with E-state index in [4.69, 9.17) is 14.6 Å². The molecule has 1 saturated carbocycles. The molecule has 2 N–H and O–H groups in total. The molecule has 1 aliphatic carbocycles. The fourth-order valence-electron chi connectivity index (χ4n) is 4.56. The Hall–Kier alpha value is -1.83. The van der Waals surface area contributed by atoms with Crippen molar-refractivity contribution in [3.05, 3.63) is 0 Å². The summed E-state index contributed by atoms with van der Waals surface area (Å²) in [5, 5.41) is 12.3. The van der Waals surface area contributed by atoms with E-state index in [0.29, 0.717) is 25.4 Å². The van der Waals surface area contributed by atoms with E-state index in [1.807, 2.05) is 13.8 Å². The molecule has 1 aliphatic heterocycles. The highest BCUT2D eigenvalue weighted by Crippen LogP contribution is 2.41. The number of carboxylic acid groups (broad SMARTS) is 1. The molecule has 166 valence electrons. The minimum Gasteiger partial charge on any atom is -0.466 e. The lowest BCUT2D eigenvalue weighted by atomic mass is 10.0. The quantitative estimate of drug-likeness (QED) is 0.374. The predicted octanol–water partition coefficient (Wildman–Crippen LogP) is 3.29. The Morgan fingerprint density at radius 3 is 2.59 bits per heavy atom. The summed E-state index contributed by atoms with van der Waals surface area (Å²) in [4.78, 5) is 36.9. The van der Waals surface area contributed by atoms with Crippen LogP contribution < -0.4 is 5.32 Å². The monoisotopic (exact) mass is 412 g/mol. The van der Waals surface area contributed by atoms with Crippen LogP contribution in [0.15, 0.2) is 0 Å². The molecule has 1 heterocycles. The number of unbranched alkanes of at least 4 members (excludes halogenated alkanes) is 4. The Kier molecular flexibility index (Phi) is 9.70. The van der Waals surface area contributed by atoms with Crippen LogP contribution in [0.4, 0.5) is 4.79 Å². The molecule has 0 bridgehead atoms. The Morgan fingerprint density at radius 1 is 1.14 bits per heavy atom. The van der Waals surface area contributed by atoms with Crippen molar-refractivity contribution in [2.45, 2.75) is 96.4 Å². The van der Waals surface area contributed by atoms with Crippen molar-refractivity contribution in [1.29, 1.82) is 0 Å². The van der Waals surface area contributed by atoms with Gasteiger partial charge in [-0.1, -0.05) is 25.7 Å². The number of carbonyl (C=O) groups is 3. The maximum absolute atomic E-state index is 12.9. The number of esters is 1. The Morgan fingerprint density at radius 2 is 1.86 bits per heavy atom. The average molecular weight is 413 g/mol. The molecule has 1 amide bonds. The van der Waals surface area contributed by atoms with Crippen LogP contribution in [-0.4, -0.2) is 59.5 Å². The van der Waals surface area contributed by atoms with E-state index in [1.165, 1.54) is 0 Å². The zero-order valence-electron chi connectivity index (χ0n) is 17.7. The minimum atomic E-state index is -1.32. The fourth-order valence-corrected chi connectivity index (χ4v) is 4.56. The van der Waals surface area contributed by atoms with Crippen molar-refractivity contribution in [3.63, 3.8) is 0 Å². The lowest BCUT2D eigenvalue weighted by molar-refractivity contribution is -0.144. The van der Waals surface area contributed by atoms with Gasteiger partial charge < -0.3 is 24.8 Å². The number of ether oxygens (including phenoxy) is 2. The van der Waals surface area contributed by atoms with E-state index in [9.17, 15) is 14.4 Å². The largest absolute Gasteiger partial charge is 0.507 e. The molecule has 29 heavy (non-hydrogen) atoms. The van der Waals surface area contributed by atoms with Gasteiger partial charge in [0.25, 0.3) is 0 Å². The average Bonchev–Trinajstić information content (AvgIpc) is 3.23. The molecule has 4 atom stereocenters. The van der Waals surface area contributed by atoms with E-state index >= 15 is 0 Å². The van der Waals surface area contributed by atoms with Crippen LogP contribution in [-0.2, 0) is 19.1 Å². The maximum Gasteiger partial charge on any atom is 0.507 e. The van der Waals surface area contributed by atoms with E-state index < -0.39 is 12.4 Å². The summed E-state index contributed by atoms with van der Waals surface area (Å²) in [5.74, 6) is 0.156. The van der Waals surface area contributed by atoms with Gasteiger partial charge in [-0.05, 0) is 52.0 Å². The normalized spacial score (nSPS) is 24.2. The topological polar surface area (TPSA) is 105 Å². The van der Waals surface area contributed by atoms with Crippen molar-refractivity contribution in [2.75, 3.05) is 13.2 Å². The summed E-state index contributed by atoms with van der Waals surface area (Å²) >= 11 is 0. The van der Waals surface area contributed by atoms with Gasteiger partial charge in [-0.15, -0.1) is 0 Å². The van der Waals surface area contributed by atoms with Crippen LogP contribution in [0.5, 0.6) is 0 Å². The molecule has 0 aromatic rings. The van der Waals surface area contributed by atoms with E-state index in [-0.39, 0.29) is 24.0 Å². The number of hydrogen-bond donors (Lipinski definition) is 2. The van der Waals surface area contributed by atoms with Gasteiger partial charge in [0.15, 0.2) is 6.23 Å². The second-order valence-electron chi connectivity index (χ2n) is 8.08. The number of rotatable bonds is 12. The third-order valence-corrected chi connectivity index (χ3v) is 5.97. The number of fused-ring (bicyclic) bond motifs is 1. The Labute approximate surface area is 173 Å². The van der Waals surface area contributed by atoms with E-state index in [0.717, 1.165) is 57.9 Å². The molecule has 2 rings (SSSR count). The van der Waals surface area contributed by atoms with Gasteiger partial charge in [-0.25, -0.2) is 4.79 Å². The van der Waals surface area contributed by atoms with E-state index in [1.54, 1.807) is 4.90 Å². The van der Waals surface area contributed by atoms with Crippen LogP contribution in [0.2, 0.25) is 0 Å². The first-order valence-corrected chi connectivity index (χ1v) is 11.0. The third kappa shape index (κ3) is 7.17. The number of amides is 1. The number of carbonyl (C=O) groups excluding carboxylic acids is 2. The SMILES string of the molecule is CCOC(=O)CCCCCCCN[C@@H](C)C(=O)N1[C@@H](OC(=O)O)C[C@@H]2CCC[C@H]21. The van der Waals surface area contributed by atoms with Gasteiger partial charge in [0, 0.05) is 18.9 Å². The van der Waals surface area contributed by atoms with Crippen molar-refractivity contribution < 1.29 is 29.0 Å². The Bertz CT molecular complexity index is 555.